The van der Waals surface area contributed by atoms with E-state index in [9.17, 15) is 4.79 Å². The molecule has 2 amide bonds. The third-order valence-corrected chi connectivity index (χ3v) is 0.943. The van der Waals surface area contributed by atoms with Gasteiger partial charge in [-0.3, -0.25) is 16.0 Å². The topological polar surface area (TPSA) is 108 Å². The molecule has 0 bridgehead atoms. The first-order chi connectivity index (χ1) is 5.33. The van der Waals surface area contributed by atoms with Crippen LogP contribution in [0, 0.1) is 0 Å². The summed E-state index contributed by atoms with van der Waals surface area (Å²) in [6.45, 7) is 0. The van der Waals surface area contributed by atoms with E-state index in [1.54, 1.807) is 12.3 Å². The van der Waals surface area contributed by atoms with E-state index in [1.165, 1.54) is 0 Å². The van der Waals surface area contributed by atoms with Crippen LogP contribution in [0.2, 0.25) is 0 Å². The van der Waals surface area contributed by atoms with Crippen LogP contribution in [0.3, 0.4) is 0 Å². The minimum absolute atomic E-state index is 0.528. The van der Waals surface area contributed by atoms with Crippen molar-refractivity contribution >= 4 is 11.8 Å². The summed E-state index contributed by atoms with van der Waals surface area (Å²) in [7, 11) is 0. The van der Waals surface area contributed by atoms with Crippen LogP contribution in [0.15, 0.2) is 12.3 Å². The van der Waals surface area contributed by atoms with Crippen molar-refractivity contribution in [1.29, 1.82) is 0 Å². The number of anilines is 1. The average molecular weight is 156 g/mol. The summed E-state index contributed by atoms with van der Waals surface area (Å²) < 4.78 is 0. The maximum Gasteiger partial charge on any atom is 0.347 e. The predicted molar refractivity (Wildman–Crippen MR) is 38.1 cm³/mol. The number of hydrazine groups is 2. The number of carbonyl (C=O) groups excluding carboxylic acids is 1. The van der Waals surface area contributed by atoms with Crippen LogP contribution in [-0.2, 0) is 0 Å². The Balaban J connectivity index is 2.29. The maximum atomic E-state index is 10.5. The van der Waals surface area contributed by atoms with Crippen molar-refractivity contribution in [2.24, 2.45) is 5.84 Å². The monoisotopic (exact) mass is 156 g/mol. The van der Waals surface area contributed by atoms with Gasteiger partial charge in [-0.15, -0.1) is 0 Å². The Kier molecular flexibility index (Phi) is 2.28. The van der Waals surface area contributed by atoms with Gasteiger partial charge in [0.25, 0.3) is 0 Å². The van der Waals surface area contributed by atoms with Crippen LogP contribution < -0.4 is 22.1 Å². The first-order valence-corrected chi connectivity index (χ1v) is 2.85. The van der Waals surface area contributed by atoms with Gasteiger partial charge >= 0.3 is 6.03 Å². The minimum Gasteiger partial charge on any atom is -0.281 e. The Hall–Kier alpha value is -1.76. The quantitative estimate of drug-likeness (QED) is 0.213. The number of amides is 2. The van der Waals surface area contributed by atoms with E-state index in [0.29, 0.717) is 5.82 Å². The molecule has 0 atom stereocenters. The molecule has 0 aromatic carbocycles. The normalized spacial score (nSPS) is 8.82. The number of hydrogen-bond acceptors (Lipinski definition) is 4. The second-order valence-corrected chi connectivity index (χ2v) is 1.69. The summed E-state index contributed by atoms with van der Waals surface area (Å²) in [4.78, 5) is 10.5. The van der Waals surface area contributed by atoms with Gasteiger partial charge in [-0.2, -0.15) is 5.10 Å². The second kappa shape index (κ2) is 3.42. The largest absolute Gasteiger partial charge is 0.347 e. The summed E-state index contributed by atoms with van der Waals surface area (Å²) in [5, 5.41) is 6.21. The minimum atomic E-state index is -0.528. The van der Waals surface area contributed by atoms with Crippen LogP contribution in [0.1, 0.15) is 0 Å². The van der Waals surface area contributed by atoms with E-state index in [4.69, 9.17) is 5.84 Å². The molecular weight excluding hydrogens is 148 g/mol. The number of nitrogens with zero attached hydrogens (tertiary/aromatic N) is 1. The fourth-order valence-corrected chi connectivity index (χ4v) is 0.486. The Morgan fingerprint density at radius 2 is 2.55 bits per heavy atom. The highest BCUT2D eigenvalue weighted by atomic mass is 16.2. The van der Waals surface area contributed by atoms with Gasteiger partial charge in [0.2, 0.25) is 0 Å². The van der Waals surface area contributed by atoms with E-state index >= 15 is 0 Å². The molecule has 0 saturated carbocycles. The van der Waals surface area contributed by atoms with Crippen molar-refractivity contribution in [3.8, 4) is 0 Å². The number of nitrogens with two attached hydrogens (primary N) is 1. The summed E-state index contributed by atoms with van der Waals surface area (Å²) in [6.07, 6.45) is 1.55. The molecule has 11 heavy (non-hydrogen) atoms. The standard InChI is InChI=1S/C4H8N6O/c5-7-4(11)10-9-3-1-2-6-8-3/h1-2H,5H2,(H2,6,8,9)(H2,7,10,11). The van der Waals surface area contributed by atoms with Crippen molar-refractivity contribution in [3.63, 3.8) is 0 Å². The molecule has 0 radical (unpaired) electrons. The smallest absolute Gasteiger partial charge is 0.281 e. The molecule has 1 aromatic rings. The lowest BCUT2D eigenvalue weighted by atomic mass is 10.7. The first kappa shape index (κ1) is 7.35. The first-order valence-electron chi connectivity index (χ1n) is 2.85. The van der Waals surface area contributed by atoms with E-state index in [0.717, 1.165) is 0 Å². The van der Waals surface area contributed by atoms with E-state index in [2.05, 4.69) is 21.0 Å². The molecule has 0 saturated heterocycles. The Bertz CT molecular complexity index is 218. The SMILES string of the molecule is NNC(=O)NNc1ccn[nH]1. The molecule has 1 aromatic heterocycles. The molecule has 0 aliphatic heterocycles. The number of H-pyrrole nitrogens is 1. The van der Waals surface area contributed by atoms with Crippen molar-refractivity contribution in [1.82, 2.24) is 21.0 Å². The number of rotatable bonds is 2. The van der Waals surface area contributed by atoms with Crippen LogP contribution in [0.25, 0.3) is 0 Å². The average Bonchev–Trinajstić information content (AvgIpc) is 2.52. The lowest BCUT2D eigenvalue weighted by Gasteiger charge is -2.03. The second-order valence-electron chi connectivity index (χ2n) is 1.69. The third kappa shape index (κ3) is 2.14. The molecule has 0 fully saturated rings. The zero-order valence-electron chi connectivity index (χ0n) is 5.59. The highest BCUT2D eigenvalue weighted by Crippen LogP contribution is 1.94. The van der Waals surface area contributed by atoms with Crippen LogP contribution in [0.5, 0.6) is 0 Å². The van der Waals surface area contributed by atoms with Crippen molar-refractivity contribution < 1.29 is 4.79 Å². The van der Waals surface area contributed by atoms with Crippen molar-refractivity contribution in [2.45, 2.75) is 0 Å². The number of urea groups is 1. The van der Waals surface area contributed by atoms with E-state index in [-0.39, 0.29) is 0 Å². The molecule has 0 spiro atoms. The summed E-state index contributed by atoms with van der Waals surface area (Å²) in [5.41, 5.74) is 6.63. The molecule has 1 rings (SSSR count). The van der Waals surface area contributed by atoms with E-state index in [1.807, 2.05) is 5.43 Å². The highest BCUT2D eigenvalue weighted by Gasteiger charge is 1.94. The summed E-state index contributed by atoms with van der Waals surface area (Å²) >= 11 is 0. The van der Waals surface area contributed by atoms with Gasteiger partial charge < -0.3 is 0 Å². The fourth-order valence-electron chi connectivity index (χ4n) is 0.486. The molecule has 0 unspecified atom stereocenters. The zero-order chi connectivity index (χ0) is 8.10. The van der Waals surface area contributed by atoms with Crippen LogP contribution in [-0.4, -0.2) is 16.2 Å². The van der Waals surface area contributed by atoms with Gasteiger partial charge in [-0.1, -0.05) is 0 Å². The zero-order valence-corrected chi connectivity index (χ0v) is 5.59. The molecule has 60 valence electrons. The molecule has 7 nitrogen and oxygen atoms in total. The van der Waals surface area contributed by atoms with Gasteiger partial charge in [0.05, 0.1) is 6.20 Å². The Morgan fingerprint density at radius 3 is 3.09 bits per heavy atom. The van der Waals surface area contributed by atoms with Crippen molar-refractivity contribution in [2.75, 3.05) is 5.43 Å². The van der Waals surface area contributed by atoms with Crippen LogP contribution in [0.4, 0.5) is 10.6 Å². The molecule has 6 N–H and O–H groups in total. The number of aromatic amines is 1. The predicted octanol–water partition coefficient (Wildman–Crippen LogP) is -1.09. The highest BCUT2D eigenvalue weighted by molar-refractivity contribution is 5.74. The molecular formula is C4H8N6O. The summed E-state index contributed by atoms with van der Waals surface area (Å²) in [6, 6.07) is 1.12. The Labute approximate surface area is 62.3 Å². The number of carbonyl (C=O) groups is 1. The maximum absolute atomic E-state index is 10.5. The molecule has 0 aliphatic carbocycles. The van der Waals surface area contributed by atoms with Gasteiger partial charge in [0.15, 0.2) is 0 Å². The van der Waals surface area contributed by atoms with E-state index < -0.39 is 6.03 Å². The van der Waals surface area contributed by atoms with Gasteiger partial charge in [0, 0.05) is 6.07 Å². The molecule has 0 aliphatic rings. The van der Waals surface area contributed by atoms with Gasteiger partial charge in [-0.25, -0.2) is 16.1 Å². The number of hydrogen-bond donors (Lipinski definition) is 5. The van der Waals surface area contributed by atoms with Gasteiger partial charge in [-0.05, 0) is 0 Å². The lowest BCUT2D eigenvalue weighted by molar-refractivity contribution is 0.243. The summed E-state index contributed by atoms with van der Waals surface area (Å²) in [5.74, 6) is 5.36. The molecule has 7 heteroatoms. The number of nitrogens with one attached hydrogen (secondary N) is 4. The van der Waals surface area contributed by atoms with Crippen LogP contribution >= 0.6 is 0 Å². The fraction of sp³-hybridized carbons (Fsp3) is 0. The van der Waals surface area contributed by atoms with Crippen molar-refractivity contribution in [3.05, 3.63) is 12.3 Å². The lowest BCUT2D eigenvalue weighted by Crippen LogP contribution is -2.42. The molecule has 1 heterocycles. The third-order valence-electron chi connectivity index (χ3n) is 0.943. The number of aromatic nitrogens is 2. The van der Waals surface area contributed by atoms with Gasteiger partial charge in [0.1, 0.15) is 5.82 Å². The Morgan fingerprint density at radius 1 is 1.73 bits per heavy atom.